The first kappa shape index (κ1) is 17.1. The summed E-state index contributed by atoms with van der Waals surface area (Å²) in [6.45, 7) is 2.89. The van der Waals surface area contributed by atoms with Crippen molar-refractivity contribution in [2.75, 3.05) is 10.6 Å². The summed E-state index contributed by atoms with van der Waals surface area (Å²) in [6.07, 6.45) is 0. The van der Waals surface area contributed by atoms with Crippen molar-refractivity contribution in [2.45, 2.75) is 13.8 Å². The number of hydrogen-bond donors (Lipinski definition) is 2. The van der Waals surface area contributed by atoms with Crippen LogP contribution < -0.4 is 10.6 Å². The summed E-state index contributed by atoms with van der Waals surface area (Å²) in [6, 6.07) is 9.07. The Morgan fingerprint density at radius 2 is 1.96 bits per heavy atom. The lowest BCUT2D eigenvalue weighted by Crippen LogP contribution is -2.14. The highest BCUT2D eigenvalue weighted by atomic mass is 16.6. The number of anilines is 2. The number of carbonyl (C=O) groups excluding carboxylic acids is 2. The van der Waals surface area contributed by atoms with Crippen molar-refractivity contribution < 1.29 is 18.9 Å². The monoisotopic (exact) mass is 354 g/mol. The smallest absolute Gasteiger partial charge is 0.302 e. The summed E-state index contributed by atoms with van der Waals surface area (Å²) in [7, 11) is 0. The summed E-state index contributed by atoms with van der Waals surface area (Å²) in [5.41, 5.74) is 1.66. The van der Waals surface area contributed by atoms with Gasteiger partial charge in [0.25, 0.3) is 11.6 Å². The molecule has 3 aromatic rings. The van der Waals surface area contributed by atoms with E-state index in [2.05, 4.69) is 15.6 Å². The Morgan fingerprint density at radius 1 is 1.19 bits per heavy atom. The van der Waals surface area contributed by atoms with Gasteiger partial charge in [0.1, 0.15) is 5.52 Å². The van der Waals surface area contributed by atoms with Crippen molar-refractivity contribution in [1.29, 1.82) is 0 Å². The second-order valence-corrected chi connectivity index (χ2v) is 5.54. The largest absolute Gasteiger partial charge is 0.423 e. The van der Waals surface area contributed by atoms with Gasteiger partial charge < -0.3 is 9.73 Å². The number of amides is 2. The highest BCUT2D eigenvalue weighted by molar-refractivity contribution is 6.05. The van der Waals surface area contributed by atoms with E-state index in [0.29, 0.717) is 16.8 Å². The number of oxazole rings is 1. The fraction of sp³-hybridized carbons (Fsp3) is 0.118. The van der Waals surface area contributed by atoms with Gasteiger partial charge in [0.2, 0.25) is 5.91 Å². The van der Waals surface area contributed by atoms with E-state index in [0.717, 1.165) is 0 Å². The lowest BCUT2D eigenvalue weighted by molar-refractivity contribution is -0.385. The van der Waals surface area contributed by atoms with Crippen molar-refractivity contribution >= 4 is 40.3 Å². The van der Waals surface area contributed by atoms with Crippen LogP contribution in [0.3, 0.4) is 0 Å². The fourth-order valence-corrected chi connectivity index (χ4v) is 2.49. The standard InChI is InChI=1S/C17H14N4O5/c1-9-12(4-3-5-14(9)21(24)25)16(23)20-17-19-13-7-6-11(18-10(2)22)8-15(13)26-17/h3-8H,1-2H3,(H,18,22)(H,19,20,23). The van der Waals surface area contributed by atoms with Crippen LogP contribution in [-0.4, -0.2) is 21.7 Å². The van der Waals surface area contributed by atoms with Crippen molar-refractivity contribution in [3.63, 3.8) is 0 Å². The fourth-order valence-electron chi connectivity index (χ4n) is 2.49. The van der Waals surface area contributed by atoms with Crippen LogP contribution in [0.2, 0.25) is 0 Å². The third-order valence-electron chi connectivity index (χ3n) is 3.68. The molecule has 26 heavy (non-hydrogen) atoms. The lowest BCUT2D eigenvalue weighted by atomic mass is 10.1. The van der Waals surface area contributed by atoms with Gasteiger partial charge in [-0.25, -0.2) is 0 Å². The molecule has 0 spiro atoms. The third kappa shape index (κ3) is 3.36. The molecule has 9 heteroatoms. The van der Waals surface area contributed by atoms with Crippen LogP contribution in [0, 0.1) is 17.0 Å². The molecule has 0 aliphatic heterocycles. The Morgan fingerprint density at radius 3 is 2.65 bits per heavy atom. The molecule has 1 heterocycles. The van der Waals surface area contributed by atoms with E-state index in [1.165, 1.54) is 32.0 Å². The minimum Gasteiger partial charge on any atom is -0.423 e. The van der Waals surface area contributed by atoms with E-state index < -0.39 is 10.8 Å². The number of hydrogen-bond acceptors (Lipinski definition) is 6. The highest BCUT2D eigenvalue weighted by Crippen LogP contribution is 2.25. The number of aromatic nitrogens is 1. The Balaban J connectivity index is 1.87. The molecule has 0 saturated heterocycles. The van der Waals surface area contributed by atoms with Crippen LogP contribution in [-0.2, 0) is 4.79 Å². The zero-order valence-electron chi connectivity index (χ0n) is 13.9. The molecule has 0 fully saturated rings. The molecule has 0 bridgehead atoms. The summed E-state index contributed by atoms with van der Waals surface area (Å²) in [5, 5.41) is 16.1. The van der Waals surface area contributed by atoms with Gasteiger partial charge in [0.15, 0.2) is 5.58 Å². The van der Waals surface area contributed by atoms with Gasteiger partial charge in [0, 0.05) is 35.9 Å². The van der Waals surface area contributed by atoms with E-state index in [1.807, 2.05) is 0 Å². The second kappa shape index (κ2) is 6.63. The molecular weight excluding hydrogens is 340 g/mol. The molecule has 2 aromatic carbocycles. The van der Waals surface area contributed by atoms with Crippen molar-refractivity contribution in [3.8, 4) is 0 Å². The van der Waals surface area contributed by atoms with Crippen LogP contribution >= 0.6 is 0 Å². The van der Waals surface area contributed by atoms with E-state index in [9.17, 15) is 19.7 Å². The van der Waals surface area contributed by atoms with Crippen molar-refractivity contribution in [2.24, 2.45) is 0 Å². The second-order valence-electron chi connectivity index (χ2n) is 5.54. The SMILES string of the molecule is CC(=O)Nc1ccc2nc(NC(=O)c3cccc([N+](=O)[O-])c3C)oc2c1. The molecule has 132 valence electrons. The zero-order valence-corrected chi connectivity index (χ0v) is 13.9. The van der Waals surface area contributed by atoms with Gasteiger partial charge >= 0.3 is 6.01 Å². The van der Waals surface area contributed by atoms with Gasteiger partial charge in [-0.2, -0.15) is 4.98 Å². The van der Waals surface area contributed by atoms with Gasteiger partial charge in [-0.3, -0.25) is 25.0 Å². The van der Waals surface area contributed by atoms with Crippen LogP contribution in [0.25, 0.3) is 11.1 Å². The molecule has 0 aliphatic carbocycles. The minimum absolute atomic E-state index is 0.0455. The van der Waals surface area contributed by atoms with E-state index in [-0.39, 0.29) is 28.7 Å². The summed E-state index contributed by atoms with van der Waals surface area (Å²) >= 11 is 0. The Hall–Kier alpha value is -3.75. The first-order valence-electron chi connectivity index (χ1n) is 7.58. The number of carbonyl (C=O) groups is 2. The molecule has 9 nitrogen and oxygen atoms in total. The first-order valence-corrected chi connectivity index (χ1v) is 7.58. The quantitative estimate of drug-likeness (QED) is 0.547. The van der Waals surface area contributed by atoms with Gasteiger partial charge in [-0.05, 0) is 25.1 Å². The maximum absolute atomic E-state index is 12.4. The van der Waals surface area contributed by atoms with Gasteiger partial charge in [-0.1, -0.05) is 6.07 Å². The molecule has 0 aliphatic rings. The molecule has 2 amide bonds. The molecule has 0 saturated carbocycles. The molecule has 0 atom stereocenters. The Kier molecular flexibility index (Phi) is 4.36. The third-order valence-corrected chi connectivity index (χ3v) is 3.68. The van der Waals surface area contributed by atoms with Crippen LogP contribution in [0.15, 0.2) is 40.8 Å². The molecule has 0 radical (unpaired) electrons. The van der Waals surface area contributed by atoms with Crippen LogP contribution in [0.4, 0.5) is 17.4 Å². The predicted molar refractivity (Wildman–Crippen MR) is 94.1 cm³/mol. The van der Waals surface area contributed by atoms with E-state index in [1.54, 1.807) is 18.2 Å². The number of nitro groups is 1. The van der Waals surface area contributed by atoms with Crippen molar-refractivity contribution in [1.82, 2.24) is 4.98 Å². The number of nitro benzene ring substituents is 1. The maximum atomic E-state index is 12.4. The van der Waals surface area contributed by atoms with Gasteiger partial charge in [0.05, 0.1) is 4.92 Å². The maximum Gasteiger partial charge on any atom is 0.302 e. The Labute approximate surface area is 147 Å². The van der Waals surface area contributed by atoms with Crippen molar-refractivity contribution in [3.05, 3.63) is 57.6 Å². The lowest BCUT2D eigenvalue weighted by Gasteiger charge is -2.05. The summed E-state index contributed by atoms with van der Waals surface area (Å²) < 4.78 is 5.47. The van der Waals surface area contributed by atoms with E-state index >= 15 is 0 Å². The molecule has 2 N–H and O–H groups in total. The topological polar surface area (TPSA) is 127 Å². The van der Waals surface area contributed by atoms with Crippen LogP contribution in [0.1, 0.15) is 22.8 Å². The molecular formula is C17H14N4O5. The van der Waals surface area contributed by atoms with Crippen LogP contribution in [0.5, 0.6) is 0 Å². The van der Waals surface area contributed by atoms with E-state index in [4.69, 9.17) is 4.42 Å². The average Bonchev–Trinajstić information content (AvgIpc) is 2.95. The average molecular weight is 354 g/mol. The normalized spacial score (nSPS) is 10.5. The number of benzene rings is 2. The molecule has 1 aromatic heterocycles. The predicted octanol–water partition coefficient (Wildman–Crippen LogP) is 3.26. The Bertz CT molecular complexity index is 1040. The molecule has 0 unspecified atom stereocenters. The zero-order chi connectivity index (χ0) is 18.8. The minimum atomic E-state index is -0.570. The molecule has 3 rings (SSSR count). The number of fused-ring (bicyclic) bond motifs is 1. The number of nitrogens with one attached hydrogen (secondary N) is 2. The van der Waals surface area contributed by atoms with Gasteiger partial charge in [-0.15, -0.1) is 0 Å². The summed E-state index contributed by atoms with van der Waals surface area (Å²) in [4.78, 5) is 38.1. The number of rotatable bonds is 4. The first-order chi connectivity index (χ1) is 12.3. The number of nitrogens with zero attached hydrogens (tertiary/aromatic N) is 2. The summed E-state index contributed by atoms with van der Waals surface area (Å²) in [5.74, 6) is -0.793. The highest BCUT2D eigenvalue weighted by Gasteiger charge is 2.19.